The highest BCUT2D eigenvalue weighted by Crippen LogP contribution is 2.29. The zero-order chi connectivity index (χ0) is 17.7. The van der Waals surface area contributed by atoms with Gasteiger partial charge < -0.3 is 4.74 Å². The Morgan fingerprint density at radius 2 is 1.79 bits per heavy atom. The molecule has 0 fully saturated rings. The van der Waals surface area contributed by atoms with Crippen LogP contribution in [0.3, 0.4) is 0 Å². The van der Waals surface area contributed by atoms with Crippen molar-refractivity contribution in [1.82, 2.24) is 0 Å². The minimum atomic E-state index is -2.16. The van der Waals surface area contributed by atoms with E-state index in [1.165, 1.54) is 0 Å². The molecule has 0 amide bonds. The van der Waals surface area contributed by atoms with Crippen LogP contribution in [0.25, 0.3) is 11.6 Å². The molecule has 0 aliphatic rings. The van der Waals surface area contributed by atoms with E-state index in [-0.39, 0.29) is 5.75 Å². The highest BCUT2D eigenvalue weighted by molar-refractivity contribution is 6.75. The summed E-state index contributed by atoms with van der Waals surface area (Å²) in [5.74, 6) is -0.805. The summed E-state index contributed by atoms with van der Waals surface area (Å²) in [6.07, 6.45) is 1.65. The van der Waals surface area contributed by atoms with Crippen LogP contribution in [0.5, 0.6) is 5.75 Å². The predicted molar refractivity (Wildman–Crippen MR) is 97.3 cm³/mol. The number of hydrogen-bond donors (Lipinski definition) is 0. The van der Waals surface area contributed by atoms with Gasteiger partial charge in [0.25, 0.3) is 3.79 Å². The summed E-state index contributed by atoms with van der Waals surface area (Å²) in [5, 5.41) is 9.92. The molecule has 0 radical (unpaired) electrons. The highest BCUT2D eigenvalue weighted by atomic mass is 35.6. The molecule has 0 aliphatic carbocycles. The Labute approximate surface area is 159 Å². The molecule has 3 nitrogen and oxygen atoms in total. The molecular weight excluding hydrogens is 392 g/mol. The topological polar surface area (TPSA) is 50.1 Å². The zero-order valence-electron chi connectivity index (χ0n) is 12.0. The molecule has 2 aromatic carbocycles. The second kappa shape index (κ2) is 7.92. The van der Waals surface area contributed by atoms with E-state index in [1.54, 1.807) is 54.6 Å². The van der Waals surface area contributed by atoms with Crippen molar-refractivity contribution in [3.05, 3.63) is 64.7 Å². The molecular formula is C17H9Cl4NO2. The Hall–Kier alpha value is -1.70. The van der Waals surface area contributed by atoms with E-state index in [0.29, 0.717) is 21.7 Å². The maximum absolute atomic E-state index is 11.6. The number of esters is 1. The third-order valence-electron chi connectivity index (χ3n) is 2.89. The van der Waals surface area contributed by atoms with Gasteiger partial charge in [0.15, 0.2) is 0 Å². The molecule has 2 aromatic rings. The van der Waals surface area contributed by atoms with E-state index in [9.17, 15) is 10.1 Å². The lowest BCUT2D eigenvalue weighted by molar-refractivity contribution is -0.133. The average molecular weight is 401 g/mol. The molecule has 0 saturated carbocycles. The molecule has 0 spiro atoms. The molecule has 0 saturated heterocycles. The van der Waals surface area contributed by atoms with Crippen LogP contribution in [-0.4, -0.2) is 9.76 Å². The molecule has 0 aromatic heterocycles. The van der Waals surface area contributed by atoms with Gasteiger partial charge in [-0.15, -0.1) is 0 Å². The number of rotatable bonds is 3. The lowest BCUT2D eigenvalue weighted by Crippen LogP contribution is -2.24. The largest absolute Gasteiger partial charge is 0.423 e. The highest BCUT2D eigenvalue weighted by Gasteiger charge is 2.33. The van der Waals surface area contributed by atoms with Gasteiger partial charge in [0.2, 0.25) is 0 Å². The predicted octanol–water partition coefficient (Wildman–Crippen LogP) is 5.68. The van der Waals surface area contributed by atoms with Crippen LogP contribution in [0.4, 0.5) is 0 Å². The molecule has 24 heavy (non-hydrogen) atoms. The Kier molecular flexibility index (Phi) is 6.15. The number of nitriles is 1. The first kappa shape index (κ1) is 18.6. The van der Waals surface area contributed by atoms with Crippen LogP contribution < -0.4 is 4.74 Å². The number of nitrogens with zero attached hydrogens (tertiary/aromatic N) is 1. The van der Waals surface area contributed by atoms with Gasteiger partial charge in [-0.05, 0) is 41.5 Å². The maximum atomic E-state index is 11.6. The zero-order valence-corrected chi connectivity index (χ0v) is 15.0. The molecule has 122 valence electrons. The molecule has 0 aliphatic heterocycles. The van der Waals surface area contributed by atoms with Gasteiger partial charge in [0.05, 0.1) is 11.6 Å². The third kappa shape index (κ3) is 5.15. The number of carbonyl (C=O) groups excluding carboxylic acids is 1. The number of carbonyl (C=O) groups is 1. The van der Waals surface area contributed by atoms with Gasteiger partial charge in [-0.1, -0.05) is 70.7 Å². The van der Waals surface area contributed by atoms with E-state index in [2.05, 4.69) is 6.07 Å². The van der Waals surface area contributed by atoms with Crippen molar-refractivity contribution in [3.63, 3.8) is 0 Å². The maximum Gasteiger partial charge on any atom is 0.363 e. The van der Waals surface area contributed by atoms with Crippen LogP contribution in [0.15, 0.2) is 48.5 Å². The molecule has 2 rings (SSSR count). The van der Waals surface area contributed by atoms with Gasteiger partial charge in [-0.3, -0.25) is 0 Å². The second-order valence-electron chi connectivity index (χ2n) is 4.64. The number of halogens is 4. The number of hydrogen-bond acceptors (Lipinski definition) is 3. The van der Waals surface area contributed by atoms with Crippen LogP contribution in [0.1, 0.15) is 11.1 Å². The quantitative estimate of drug-likeness (QED) is 0.219. The Balaban J connectivity index is 2.29. The number of benzene rings is 2. The molecule has 7 heteroatoms. The lowest BCUT2D eigenvalue weighted by Gasteiger charge is -2.10. The summed E-state index contributed by atoms with van der Waals surface area (Å²) >= 11 is 22.2. The van der Waals surface area contributed by atoms with Crippen LogP contribution >= 0.6 is 46.4 Å². The van der Waals surface area contributed by atoms with E-state index in [0.717, 1.165) is 0 Å². The summed E-state index contributed by atoms with van der Waals surface area (Å²) < 4.78 is 2.83. The summed E-state index contributed by atoms with van der Waals surface area (Å²) in [6.45, 7) is 0. The first-order valence-electron chi connectivity index (χ1n) is 6.56. The monoisotopic (exact) mass is 399 g/mol. The summed E-state index contributed by atoms with van der Waals surface area (Å²) in [4.78, 5) is 11.6. The van der Waals surface area contributed by atoms with Gasteiger partial charge in [0, 0.05) is 5.02 Å². The first-order chi connectivity index (χ1) is 11.3. The Bertz CT molecular complexity index is 818. The smallest absolute Gasteiger partial charge is 0.363 e. The number of allylic oxidation sites excluding steroid dienone is 1. The minimum Gasteiger partial charge on any atom is -0.423 e. The molecule has 0 atom stereocenters. The molecule has 0 unspecified atom stereocenters. The first-order valence-corrected chi connectivity index (χ1v) is 8.07. The second-order valence-corrected chi connectivity index (χ2v) is 7.35. The fourth-order valence-electron chi connectivity index (χ4n) is 1.81. The summed E-state index contributed by atoms with van der Waals surface area (Å²) in [7, 11) is 0. The Morgan fingerprint density at radius 3 is 2.38 bits per heavy atom. The lowest BCUT2D eigenvalue weighted by atomic mass is 10.0. The van der Waals surface area contributed by atoms with E-state index >= 15 is 0 Å². The molecule has 0 bridgehead atoms. The van der Waals surface area contributed by atoms with E-state index in [4.69, 9.17) is 51.1 Å². The van der Waals surface area contributed by atoms with Crippen LogP contribution in [-0.2, 0) is 4.79 Å². The van der Waals surface area contributed by atoms with Crippen LogP contribution in [0.2, 0.25) is 5.02 Å². The van der Waals surface area contributed by atoms with Crippen molar-refractivity contribution in [2.75, 3.05) is 0 Å². The van der Waals surface area contributed by atoms with Crippen molar-refractivity contribution < 1.29 is 9.53 Å². The van der Waals surface area contributed by atoms with Crippen molar-refractivity contribution in [1.29, 1.82) is 5.26 Å². The van der Waals surface area contributed by atoms with Crippen molar-refractivity contribution in [2.45, 2.75) is 3.79 Å². The van der Waals surface area contributed by atoms with Crippen LogP contribution in [0, 0.1) is 11.3 Å². The average Bonchev–Trinajstić information content (AvgIpc) is 2.53. The fourth-order valence-corrected chi connectivity index (χ4v) is 2.05. The Morgan fingerprint density at radius 1 is 1.12 bits per heavy atom. The van der Waals surface area contributed by atoms with Gasteiger partial charge >= 0.3 is 5.97 Å². The van der Waals surface area contributed by atoms with Crippen molar-refractivity contribution >= 4 is 64.0 Å². The standard InChI is InChI=1S/C17H9Cl4NO2/c18-14-6-4-12(5-7-14)13(10-22)8-11-2-1-3-15(9-11)24-16(23)17(19,20)21/h1-9H/b13-8-. The number of alkyl halides is 3. The van der Waals surface area contributed by atoms with Crippen molar-refractivity contribution in [3.8, 4) is 11.8 Å². The van der Waals surface area contributed by atoms with Gasteiger partial charge in [-0.25, -0.2) is 4.79 Å². The number of ether oxygens (including phenoxy) is 1. The van der Waals surface area contributed by atoms with Crippen molar-refractivity contribution in [2.24, 2.45) is 0 Å². The van der Waals surface area contributed by atoms with Gasteiger partial charge in [-0.2, -0.15) is 5.26 Å². The van der Waals surface area contributed by atoms with E-state index < -0.39 is 9.76 Å². The molecule has 0 heterocycles. The normalized spacial score (nSPS) is 11.7. The van der Waals surface area contributed by atoms with Gasteiger partial charge in [0.1, 0.15) is 5.75 Å². The minimum absolute atomic E-state index is 0.202. The summed E-state index contributed by atoms with van der Waals surface area (Å²) in [5.41, 5.74) is 1.79. The third-order valence-corrected chi connectivity index (χ3v) is 3.60. The van der Waals surface area contributed by atoms with E-state index in [1.807, 2.05) is 0 Å². The SMILES string of the molecule is N#C/C(=C/c1cccc(OC(=O)C(Cl)(Cl)Cl)c1)c1ccc(Cl)cc1. The fraction of sp³-hybridized carbons (Fsp3) is 0.0588. The summed E-state index contributed by atoms with van der Waals surface area (Å²) in [6, 6.07) is 15.5. The molecule has 0 N–H and O–H groups in total.